The van der Waals surface area contributed by atoms with E-state index in [1.165, 1.54) is 38.6 Å². The second kappa shape index (κ2) is 4.42. The first-order chi connectivity index (χ1) is 7.10. The quantitative estimate of drug-likeness (QED) is 0.755. The maximum atomic E-state index is 5.92. The minimum absolute atomic E-state index is 0.504. The molecule has 1 saturated heterocycles. The van der Waals surface area contributed by atoms with Gasteiger partial charge in [-0.25, -0.2) is 0 Å². The Labute approximate surface area is 93.8 Å². The predicted octanol–water partition coefficient (Wildman–Crippen LogP) is 2.72. The molecule has 2 heteroatoms. The maximum absolute atomic E-state index is 5.92. The number of rotatable bonds is 5. The van der Waals surface area contributed by atoms with Gasteiger partial charge >= 0.3 is 0 Å². The third-order valence-electron chi connectivity index (χ3n) is 3.82. The van der Waals surface area contributed by atoms with Crippen molar-refractivity contribution >= 4 is 0 Å². The molecule has 1 aliphatic heterocycles. The van der Waals surface area contributed by atoms with E-state index in [-0.39, 0.29) is 0 Å². The zero-order chi connectivity index (χ0) is 10.9. The third-order valence-corrected chi connectivity index (χ3v) is 3.82. The van der Waals surface area contributed by atoms with E-state index in [2.05, 4.69) is 26.1 Å². The molecule has 2 atom stereocenters. The van der Waals surface area contributed by atoms with Gasteiger partial charge < -0.3 is 10.1 Å². The lowest BCUT2D eigenvalue weighted by Crippen LogP contribution is -2.31. The highest BCUT2D eigenvalue weighted by molar-refractivity contribution is 4.97. The van der Waals surface area contributed by atoms with E-state index in [9.17, 15) is 0 Å². The molecule has 2 nitrogen and oxygen atoms in total. The zero-order valence-electron chi connectivity index (χ0n) is 10.4. The second-order valence-corrected chi connectivity index (χ2v) is 5.89. The van der Waals surface area contributed by atoms with Crippen LogP contribution in [-0.2, 0) is 4.74 Å². The largest absolute Gasteiger partial charge is 0.375 e. The van der Waals surface area contributed by atoms with Crippen LogP contribution in [0.25, 0.3) is 0 Å². The van der Waals surface area contributed by atoms with Crippen molar-refractivity contribution in [2.75, 3.05) is 6.54 Å². The van der Waals surface area contributed by atoms with Gasteiger partial charge in [0.05, 0.1) is 12.2 Å². The molecule has 0 aromatic rings. The molecule has 0 bridgehead atoms. The van der Waals surface area contributed by atoms with Crippen LogP contribution in [0.4, 0.5) is 0 Å². The third kappa shape index (κ3) is 3.18. The first kappa shape index (κ1) is 11.4. The van der Waals surface area contributed by atoms with Crippen molar-refractivity contribution in [3.63, 3.8) is 0 Å². The lowest BCUT2D eigenvalue weighted by molar-refractivity contribution is 0.0376. The van der Waals surface area contributed by atoms with Crippen LogP contribution in [0.2, 0.25) is 0 Å². The van der Waals surface area contributed by atoms with Gasteiger partial charge in [-0.3, -0.25) is 0 Å². The smallest absolute Gasteiger partial charge is 0.0585 e. The molecular weight excluding hydrogens is 186 g/mol. The van der Waals surface area contributed by atoms with Gasteiger partial charge in [0, 0.05) is 12.6 Å². The van der Waals surface area contributed by atoms with Crippen LogP contribution in [0, 0.1) is 5.41 Å². The molecule has 2 unspecified atom stereocenters. The monoisotopic (exact) mass is 211 g/mol. The van der Waals surface area contributed by atoms with Crippen LogP contribution in [-0.4, -0.2) is 24.8 Å². The zero-order valence-corrected chi connectivity index (χ0v) is 10.4. The molecule has 0 aromatic carbocycles. The summed E-state index contributed by atoms with van der Waals surface area (Å²) in [5, 5.41) is 3.58. The van der Waals surface area contributed by atoms with E-state index in [1.54, 1.807) is 0 Å². The van der Waals surface area contributed by atoms with Gasteiger partial charge in [0.25, 0.3) is 0 Å². The fourth-order valence-electron chi connectivity index (χ4n) is 2.57. The Morgan fingerprint density at radius 3 is 2.53 bits per heavy atom. The van der Waals surface area contributed by atoms with Gasteiger partial charge in [-0.15, -0.1) is 0 Å². The summed E-state index contributed by atoms with van der Waals surface area (Å²) >= 11 is 0. The highest BCUT2D eigenvalue weighted by Crippen LogP contribution is 2.50. The summed E-state index contributed by atoms with van der Waals surface area (Å²) in [5.74, 6) is 0. The minimum atomic E-state index is 0.504. The fourth-order valence-corrected chi connectivity index (χ4v) is 2.57. The van der Waals surface area contributed by atoms with Crippen molar-refractivity contribution < 1.29 is 4.74 Å². The Morgan fingerprint density at radius 1 is 1.33 bits per heavy atom. The number of hydrogen-bond acceptors (Lipinski definition) is 2. The van der Waals surface area contributed by atoms with E-state index in [0.717, 1.165) is 0 Å². The normalized spacial score (nSPS) is 33.6. The lowest BCUT2D eigenvalue weighted by atomic mass is 9.96. The molecule has 0 spiro atoms. The molecular formula is C13H25NO. The second-order valence-electron chi connectivity index (χ2n) is 5.89. The van der Waals surface area contributed by atoms with Crippen LogP contribution >= 0.6 is 0 Å². The lowest BCUT2D eigenvalue weighted by Gasteiger charge is -2.21. The topological polar surface area (TPSA) is 21.3 Å². The average molecular weight is 211 g/mol. The van der Waals surface area contributed by atoms with E-state index in [1.807, 2.05) is 0 Å². The van der Waals surface area contributed by atoms with Crippen LogP contribution in [0.3, 0.4) is 0 Å². The molecule has 2 aliphatic rings. The first-order valence-corrected chi connectivity index (χ1v) is 6.48. The molecule has 1 saturated carbocycles. The van der Waals surface area contributed by atoms with E-state index >= 15 is 0 Å². The Balaban J connectivity index is 1.73. The van der Waals surface area contributed by atoms with Crippen LogP contribution in [0.5, 0.6) is 0 Å². The maximum Gasteiger partial charge on any atom is 0.0585 e. The Hall–Kier alpha value is -0.0800. The summed E-state index contributed by atoms with van der Waals surface area (Å²) < 4.78 is 5.92. The summed E-state index contributed by atoms with van der Waals surface area (Å²) in [5.41, 5.74) is 0.596. The van der Waals surface area contributed by atoms with Gasteiger partial charge in [-0.1, -0.05) is 13.8 Å². The fraction of sp³-hybridized carbons (Fsp3) is 1.00. The molecule has 1 N–H and O–H groups in total. The van der Waals surface area contributed by atoms with Gasteiger partial charge in [0.1, 0.15) is 0 Å². The van der Waals surface area contributed by atoms with Crippen LogP contribution < -0.4 is 5.32 Å². The first-order valence-electron chi connectivity index (χ1n) is 6.48. The number of hydrogen-bond donors (Lipinski definition) is 1. The van der Waals surface area contributed by atoms with Crippen molar-refractivity contribution in [3.8, 4) is 0 Å². The Bertz CT molecular complexity index is 211. The summed E-state index contributed by atoms with van der Waals surface area (Å²) in [6.45, 7) is 7.85. The molecule has 0 radical (unpaired) electrons. The van der Waals surface area contributed by atoms with Crippen molar-refractivity contribution in [1.29, 1.82) is 0 Å². The van der Waals surface area contributed by atoms with Crippen LogP contribution in [0.1, 0.15) is 52.9 Å². The Kier molecular flexibility index (Phi) is 3.36. The van der Waals surface area contributed by atoms with Crippen LogP contribution in [0.15, 0.2) is 0 Å². The molecule has 15 heavy (non-hydrogen) atoms. The molecule has 2 rings (SSSR count). The minimum Gasteiger partial charge on any atom is -0.375 e. The van der Waals surface area contributed by atoms with Gasteiger partial charge in [-0.2, -0.15) is 0 Å². The SMILES string of the molecule is CC(C)NCC1(CC2CCC(C)O2)CC1. The van der Waals surface area contributed by atoms with E-state index in [0.29, 0.717) is 23.7 Å². The van der Waals surface area contributed by atoms with E-state index < -0.39 is 0 Å². The van der Waals surface area contributed by atoms with Crippen molar-refractivity contribution in [2.45, 2.75) is 71.1 Å². The number of ether oxygens (including phenoxy) is 1. The van der Waals surface area contributed by atoms with Gasteiger partial charge in [0.2, 0.25) is 0 Å². The molecule has 1 aliphatic carbocycles. The predicted molar refractivity (Wildman–Crippen MR) is 63.0 cm³/mol. The highest BCUT2D eigenvalue weighted by Gasteiger charge is 2.44. The van der Waals surface area contributed by atoms with Crippen molar-refractivity contribution in [3.05, 3.63) is 0 Å². The molecule has 0 amide bonds. The molecule has 1 heterocycles. The molecule has 2 fully saturated rings. The Morgan fingerprint density at radius 2 is 2.07 bits per heavy atom. The number of nitrogens with one attached hydrogen (secondary N) is 1. The molecule has 0 aromatic heterocycles. The van der Waals surface area contributed by atoms with Gasteiger partial charge in [0.15, 0.2) is 0 Å². The average Bonchev–Trinajstić information content (AvgIpc) is 2.81. The van der Waals surface area contributed by atoms with Crippen molar-refractivity contribution in [2.24, 2.45) is 5.41 Å². The standard InChI is InChI=1S/C13H25NO/c1-10(2)14-9-13(6-7-13)8-12-5-4-11(3)15-12/h10-12,14H,4-9H2,1-3H3. The summed E-state index contributed by atoms with van der Waals surface area (Å²) in [6, 6.07) is 0.617. The van der Waals surface area contributed by atoms with Gasteiger partial charge in [-0.05, 0) is 44.4 Å². The summed E-state index contributed by atoms with van der Waals surface area (Å²) in [4.78, 5) is 0. The van der Waals surface area contributed by atoms with E-state index in [4.69, 9.17) is 4.74 Å². The summed E-state index contributed by atoms with van der Waals surface area (Å²) in [7, 11) is 0. The summed E-state index contributed by atoms with van der Waals surface area (Å²) in [6.07, 6.45) is 7.70. The highest BCUT2D eigenvalue weighted by atomic mass is 16.5. The van der Waals surface area contributed by atoms with Crippen molar-refractivity contribution in [1.82, 2.24) is 5.32 Å². The molecule has 88 valence electrons.